The van der Waals surface area contributed by atoms with Crippen molar-refractivity contribution in [2.75, 3.05) is 59.6 Å². The molecule has 0 aromatic heterocycles. The van der Waals surface area contributed by atoms with Gasteiger partial charge in [0, 0.05) is 58.3 Å². The second-order valence-corrected chi connectivity index (χ2v) is 7.78. The van der Waals surface area contributed by atoms with Gasteiger partial charge < -0.3 is 24.6 Å². The molecule has 2 saturated heterocycles. The van der Waals surface area contributed by atoms with Gasteiger partial charge in [-0.1, -0.05) is 12.1 Å². The average Bonchev–Trinajstić information content (AvgIpc) is 2.77. The second kappa shape index (κ2) is 11.7. The van der Waals surface area contributed by atoms with Gasteiger partial charge in [-0.05, 0) is 37.5 Å². The Morgan fingerprint density at radius 1 is 1.13 bits per heavy atom. The van der Waals surface area contributed by atoms with E-state index < -0.39 is 0 Å². The minimum atomic E-state index is -0.0214. The van der Waals surface area contributed by atoms with E-state index in [1.54, 1.807) is 14.0 Å². The molecule has 2 fully saturated rings. The Bertz CT molecular complexity index is 697. The van der Waals surface area contributed by atoms with Crippen LogP contribution < -0.4 is 10.1 Å². The molecule has 0 unspecified atom stereocenters. The summed E-state index contributed by atoms with van der Waals surface area (Å²) in [6.07, 6.45) is 1.92. The SMILES string of the molecule is CCNC(=NCC1(c2ccc(OC)cc2)CCOCC1)N1CCN(C(C)=O)CC1.I. The van der Waals surface area contributed by atoms with Crippen molar-refractivity contribution in [2.24, 2.45) is 4.99 Å². The molecule has 2 heterocycles. The Kier molecular flexibility index (Phi) is 9.67. The highest BCUT2D eigenvalue weighted by Gasteiger charge is 2.35. The van der Waals surface area contributed by atoms with Crippen LogP contribution in [0.2, 0.25) is 0 Å². The summed E-state index contributed by atoms with van der Waals surface area (Å²) in [5.74, 6) is 1.96. The summed E-state index contributed by atoms with van der Waals surface area (Å²) >= 11 is 0. The molecule has 168 valence electrons. The molecule has 0 bridgehead atoms. The fourth-order valence-electron chi connectivity index (χ4n) is 4.13. The fourth-order valence-corrected chi connectivity index (χ4v) is 4.13. The molecule has 1 amide bonds. The molecule has 0 atom stereocenters. The molecule has 2 aliphatic rings. The van der Waals surface area contributed by atoms with E-state index in [0.29, 0.717) is 0 Å². The number of aliphatic imine (C=N–C) groups is 1. The third kappa shape index (κ3) is 6.00. The van der Waals surface area contributed by atoms with Gasteiger partial charge >= 0.3 is 0 Å². The van der Waals surface area contributed by atoms with Crippen molar-refractivity contribution in [1.82, 2.24) is 15.1 Å². The van der Waals surface area contributed by atoms with Gasteiger partial charge in [-0.2, -0.15) is 0 Å². The van der Waals surface area contributed by atoms with E-state index in [1.165, 1.54) is 5.56 Å². The first kappa shape index (κ1) is 24.7. The van der Waals surface area contributed by atoms with Crippen LogP contribution in [-0.2, 0) is 14.9 Å². The normalized spacial score (nSPS) is 19.1. The van der Waals surface area contributed by atoms with E-state index in [4.69, 9.17) is 14.5 Å². The zero-order valence-corrected chi connectivity index (χ0v) is 20.7. The molecule has 3 rings (SSSR count). The first-order valence-corrected chi connectivity index (χ1v) is 10.6. The zero-order chi connectivity index (χ0) is 20.7. The van der Waals surface area contributed by atoms with Crippen LogP contribution in [0, 0.1) is 0 Å². The molecule has 0 aliphatic carbocycles. The lowest BCUT2D eigenvalue weighted by Gasteiger charge is -2.39. The average molecular weight is 530 g/mol. The molecule has 0 saturated carbocycles. The highest BCUT2D eigenvalue weighted by molar-refractivity contribution is 14.0. The number of hydrogen-bond donors (Lipinski definition) is 1. The topological polar surface area (TPSA) is 66.4 Å². The van der Waals surface area contributed by atoms with Crippen molar-refractivity contribution in [3.8, 4) is 5.75 Å². The van der Waals surface area contributed by atoms with Crippen LogP contribution in [0.4, 0.5) is 0 Å². The van der Waals surface area contributed by atoms with E-state index in [2.05, 4.69) is 29.3 Å². The number of guanidine groups is 1. The summed E-state index contributed by atoms with van der Waals surface area (Å²) in [6, 6.07) is 8.39. The van der Waals surface area contributed by atoms with Crippen LogP contribution in [0.3, 0.4) is 0 Å². The number of hydrogen-bond acceptors (Lipinski definition) is 4. The standard InChI is InChI=1S/C22H34N4O3.HI/c1-4-23-21(26-13-11-25(12-14-26)18(2)27)24-17-22(9-15-29-16-10-22)19-5-7-20(28-3)8-6-19;/h5-8H,4,9-17H2,1-3H3,(H,23,24);1H. The first-order valence-electron chi connectivity index (χ1n) is 10.6. The lowest BCUT2D eigenvalue weighted by Crippen LogP contribution is -2.53. The molecular weight excluding hydrogens is 495 g/mol. The van der Waals surface area contributed by atoms with Gasteiger partial charge in [0.15, 0.2) is 5.96 Å². The summed E-state index contributed by atoms with van der Waals surface area (Å²) in [7, 11) is 1.69. The summed E-state index contributed by atoms with van der Waals surface area (Å²) in [5, 5.41) is 3.44. The minimum Gasteiger partial charge on any atom is -0.497 e. The van der Waals surface area contributed by atoms with Crippen LogP contribution in [0.5, 0.6) is 5.75 Å². The predicted molar refractivity (Wildman–Crippen MR) is 130 cm³/mol. The van der Waals surface area contributed by atoms with Gasteiger partial charge in [-0.15, -0.1) is 24.0 Å². The van der Waals surface area contributed by atoms with Crippen molar-refractivity contribution in [3.05, 3.63) is 29.8 Å². The quantitative estimate of drug-likeness (QED) is 0.360. The highest BCUT2D eigenvalue weighted by Crippen LogP contribution is 2.36. The maximum atomic E-state index is 11.6. The number of benzene rings is 1. The van der Waals surface area contributed by atoms with Crippen LogP contribution >= 0.6 is 24.0 Å². The molecule has 0 spiro atoms. The van der Waals surface area contributed by atoms with Crippen LogP contribution in [0.25, 0.3) is 0 Å². The Morgan fingerprint density at radius 2 is 1.73 bits per heavy atom. The van der Waals surface area contributed by atoms with E-state index in [0.717, 1.165) is 77.0 Å². The Labute approximate surface area is 197 Å². The predicted octanol–water partition coefficient (Wildman–Crippen LogP) is 2.49. The number of ether oxygens (including phenoxy) is 2. The molecular formula is C22H35IN4O3. The number of piperazine rings is 1. The van der Waals surface area contributed by atoms with Crippen molar-refractivity contribution in [2.45, 2.75) is 32.1 Å². The number of methoxy groups -OCH3 is 1. The third-order valence-corrected chi connectivity index (χ3v) is 6.04. The molecule has 1 N–H and O–H groups in total. The molecule has 1 aromatic rings. The number of nitrogens with zero attached hydrogens (tertiary/aromatic N) is 3. The lowest BCUT2D eigenvalue weighted by atomic mass is 9.74. The van der Waals surface area contributed by atoms with Gasteiger partial charge in [-0.25, -0.2) is 0 Å². The van der Waals surface area contributed by atoms with Gasteiger partial charge in [0.25, 0.3) is 0 Å². The molecule has 1 aromatic carbocycles. The smallest absolute Gasteiger partial charge is 0.219 e. The van der Waals surface area contributed by atoms with Crippen molar-refractivity contribution < 1.29 is 14.3 Å². The van der Waals surface area contributed by atoms with Crippen molar-refractivity contribution in [1.29, 1.82) is 0 Å². The fraction of sp³-hybridized carbons (Fsp3) is 0.636. The summed E-state index contributed by atoms with van der Waals surface area (Å²) in [5.41, 5.74) is 1.27. The van der Waals surface area contributed by atoms with E-state index in [1.807, 2.05) is 17.0 Å². The third-order valence-electron chi connectivity index (χ3n) is 6.04. The Morgan fingerprint density at radius 3 is 2.27 bits per heavy atom. The van der Waals surface area contributed by atoms with Crippen molar-refractivity contribution in [3.63, 3.8) is 0 Å². The maximum absolute atomic E-state index is 11.6. The maximum Gasteiger partial charge on any atom is 0.219 e. The highest BCUT2D eigenvalue weighted by atomic mass is 127. The van der Waals surface area contributed by atoms with Gasteiger partial charge in [-0.3, -0.25) is 9.79 Å². The summed E-state index contributed by atoms with van der Waals surface area (Å²) in [6.45, 7) is 9.91. The monoisotopic (exact) mass is 530 g/mol. The van der Waals surface area contributed by atoms with E-state index in [-0.39, 0.29) is 35.3 Å². The van der Waals surface area contributed by atoms with E-state index >= 15 is 0 Å². The van der Waals surface area contributed by atoms with Gasteiger partial charge in [0.1, 0.15) is 5.75 Å². The number of carbonyl (C=O) groups is 1. The van der Waals surface area contributed by atoms with Gasteiger partial charge in [0.05, 0.1) is 13.7 Å². The summed E-state index contributed by atoms with van der Waals surface area (Å²) in [4.78, 5) is 20.8. The lowest BCUT2D eigenvalue weighted by molar-refractivity contribution is -0.130. The van der Waals surface area contributed by atoms with Crippen LogP contribution in [0.1, 0.15) is 32.3 Å². The largest absolute Gasteiger partial charge is 0.497 e. The van der Waals surface area contributed by atoms with Crippen molar-refractivity contribution >= 4 is 35.8 Å². The number of rotatable bonds is 5. The number of carbonyl (C=O) groups excluding carboxylic acids is 1. The molecule has 7 nitrogen and oxygen atoms in total. The number of nitrogens with one attached hydrogen (secondary N) is 1. The molecule has 30 heavy (non-hydrogen) atoms. The number of halogens is 1. The first-order chi connectivity index (χ1) is 14.1. The number of amides is 1. The second-order valence-electron chi connectivity index (χ2n) is 7.78. The Balaban J connectivity index is 0.00000320. The van der Waals surface area contributed by atoms with Crippen LogP contribution in [0.15, 0.2) is 29.3 Å². The van der Waals surface area contributed by atoms with Crippen LogP contribution in [-0.4, -0.2) is 81.3 Å². The molecule has 8 heteroatoms. The van der Waals surface area contributed by atoms with E-state index in [9.17, 15) is 4.79 Å². The van der Waals surface area contributed by atoms with Gasteiger partial charge in [0.2, 0.25) is 5.91 Å². The molecule has 0 radical (unpaired) electrons. The zero-order valence-electron chi connectivity index (χ0n) is 18.4. The minimum absolute atomic E-state index is 0. The molecule has 2 aliphatic heterocycles. The Hall–Kier alpha value is -1.55. The summed E-state index contributed by atoms with van der Waals surface area (Å²) < 4.78 is 11.0.